The average Bonchev–Trinajstić information content (AvgIpc) is 3.02. The van der Waals surface area contributed by atoms with Gasteiger partial charge in [-0.1, -0.05) is 30.3 Å². The van der Waals surface area contributed by atoms with Crippen LogP contribution in [-0.2, 0) is 6.42 Å². The van der Waals surface area contributed by atoms with Crippen molar-refractivity contribution in [3.05, 3.63) is 70.4 Å². The van der Waals surface area contributed by atoms with Crippen LogP contribution in [0, 0.1) is 12.7 Å². The second-order valence-corrected chi connectivity index (χ2v) is 7.59. The van der Waals surface area contributed by atoms with E-state index in [1.165, 1.54) is 28.7 Å². The number of aryl methyl sites for hydroxylation is 1. The Morgan fingerprint density at radius 3 is 2.81 bits per heavy atom. The highest BCUT2D eigenvalue weighted by molar-refractivity contribution is 7.17. The lowest BCUT2D eigenvalue weighted by molar-refractivity contribution is 0.103. The van der Waals surface area contributed by atoms with Crippen LogP contribution in [0.3, 0.4) is 0 Å². The van der Waals surface area contributed by atoms with Crippen LogP contribution >= 0.6 is 11.3 Å². The van der Waals surface area contributed by atoms with Crippen LogP contribution < -0.4 is 10.2 Å². The number of fused-ring (bicyclic) bond motifs is 3. The van der Waals surface area contributed by atoms with Crippen molar-refractivity contribution in [2.24, 2.45) is 0 Å². The van der Waals surface area contributed by atoms with Crippen molar-refractivity contribution in [1.29, 1.82) is 0 Å². The number of nitrogens with one attached hydrogen (secondary N) is 1. The number of thiophene rings is 1. The number of para-hydroxylation sites is 2. The number of amides is 1. The van der Waals surface area contributed by atoms with Crippen LogP contribution in [0.15, 0.2) is 48.5 Å². The third-order valence-electron chi connectivity index (χ3n) is 4.77. The van der Waals surface area contributed by atoms with Crippen molar-refractivity contribution >= 4 is 28.6 Å². The van der Waals surface area contributed by atoms with E-state index in [9.17, 15) is 9.18 Å². The Morgan fingerprint density at radius 1 is 1.19 bits per heavy atom. The summed E-state index contributed by atoms with van der Waals surface area (Å²) < 4.78 is 14.0. The van der Waals surface area contributed by atoms with Gasteiger partial charge < -0.3 is 10.2 Å². The second-order valence-electron chi connectivity index (χ2n) is 6.54. The molecule has 26 heavy (non-hydrogen) atoms. The summed E-state index contributed by atoms with van der Waals surface area (Å²) in [5.74, 6) is -0.675. The van der Waals surface area contributed by atoms with E-state index < -0.39 is 5.82 Å². The molecule has 1 aromatic heterocycles. The first-order valence-corrected chi connectivity index (χ1v) is 9.36. The van der Waals surface area contributed by atoms with Gasteiger partial charge in [-0.2, -0.15) is 0 Å². The molecule has 0 bridgehead atoms. The predicted octanol–water partition coefficient (Wildman–Crippen LogP) is 5.11. The summed E-state index contributed by atoms with van der Waals surface area (Å²) in [7, 11) is 2.09. The summed E-state index contributed by atoms with van der Waals surface area (Å²) >= 11 is 1.47. The van der Waals surface area contributed by atoms with E-state index in [1.54, 1.807) is 19.1 Å². The highest BCUT2D eigenvalue weighted by Crippen LogP contribution is 2.41. The van der Waals surface area contributed by atoms with Crippen molar-refractivity contribution in [1.82, 2.24) is 0 Å². The lowest BCUT2D eigenvalue weighted by Gasteiger charge is -2.18. The van der Waals surface area contributed by atoms with Crippen LogP contribution in [0.5, 0.6) is 0 Å². The van der Waals surface area contributed by atoms with E-state index in [2.05, 4.69) is 29.4 Å². The van der Waals surface area contributed by atoms with Gasteiger partial charge in [0.1, 0.15) is 5.82 Å². The van der Waals surface area contributed by atoms with E-state index in [4.69, 9.17) is 0 Å². The SMILES string of the molecule is Cc1cccc(F)c1NC(=O)c1cc2c(s1)-c1ccccc1N(C)CC2. The lowest BCUT2D eigenvalue weighted by Crippen LogP contribution is -2.19. The van der Waals surface area contributed by atoms with Gasteiger partial charge in [-0.25, -0.2) is 4.39 Å². The van der Waals surface area contributed by atoms with Crippen molar-refractivity contribution in [3.63, 3.8) is 0 Å². The number of halogens is 1. The summed E-state index contributed by atoms with van der Waals surface area (Å²) in [6.07, 6.45) is 0.878. The molecule has 0 spiro atoms. The maximum absolute atomic E-state index is 14.0. The molecule has 3 aromatic rings. The van der Waals surface area contributed by atoms with Gasteiger partial charge in [0.05, 0.1) is 10.6 Å². The number of rotatable bonds is 2. The molecule has 0 saturated carbocycles. The first kappa shape index (κ1) is 16.8. The molecular weight excluding hydrogens is 347 g/mol. The van der Waals surface area contributed by atoms with Gasteiger partial charge in [-0.3, -0.25) is 4.79 Å². The smallest absolute Gasteiger partial charge is 0.265 e. The molecular formula is C21H19FN2OS. The molecule has 0 fully saturated rings. The summed E-state index contributed by atoms with van der Waals surface area (Å²) in [5, 5.41) is 2.74. The van der Waals surface area contributed by atoms with E-state index in [-0.39, 0.29) is 11.6 Å². The zero-order valence-electron chi connectivity index (χ0n) is 14.7. The van der Waals surface area contributed by atoms with Gasteiger partial charge in [0.25, 0.3) is 5.91 Å². The number of likely N-dealkylation sites (N-methyl/N-ethyl adjacent to an activating group) is 1. The molecule has 0 unspecified atom stereocenters. The van der Waals surface area contributed by atoms with Gasteiger partial charge in [-0.05, 0) is 42.7 Å². The number of carbonyl (C=O) groups is 1. The molecule has 2 heterocycles. The molecule has 1 N–H and O–H groups in total. The van der Waals surface area contributed by atoms with Gasteiger partial charge in [0, 0.05) is 29.7 Å². The van der Waals surface area contributed by atoms with Crippen molar-refractivity contribution in [2.75, 3.05) is 23.8 Å². The normalized spacial score (nSPS) is 13.0. The highest BCUT2D eigenvalue weighted by atomic mass is 32.1. The van der Waals surface area contributed by atoms with Crippen LogP contribution in [0.4, 0.5) is 15.8 Å². The van der Waals surface area contributed by atoms with Crippen molar-refractivity contribution in [3.8, 4) is 10.4 Å². The van der Waals surface area contributed by atoms with Gasteiger partial charge in [0.15, 0.2) is 0 Å². The second kappa shape index (κ2) is 6.57. The van der Waals surface area contributed by atoms with E-state index in [0.29, 0.717) is 10.4 Å². The fraction of sp³-hybridized carbons (Fsp3) is 0.190. The first-order valence-electron chi connectivity index (χ1n) is 8.54. The largest absolute Gasteiger partial charge is 0.374 e. The molecule has 1 aliphatic rings. The number of benzene rings is 2. The van der Waals surface area contributed by atoms with Crippen molar-refractivity contribution < 1.29 is 9.18 Å². The zero-order valence-corrected chi connectivity index (χ0v) is 15.5. The minimum Gasteiger partial charge on any atom is -0.374 e. The monoisotopic (exact) mass is 366 g/mol. The Kier molecular flexibility index (Phi) is 4.24. The maximum atomic E-state index is 14.0. The molecule has 5 heteroatoms. The summed E-state index contributed by atoms with van der Waals surface area (Å²) in [6.45, 7) is 2.68. The van der Waals surface area contributed by atoms with Crippen molar-refractivity contribution in [2.45, 2.75) is 13.3 Å². The summed E-state index contributed by atoms with van der Waals surface area (Å²) in [6, 6.07) is 15.0. The molecule has 0 aliphatic carbocycles. The fourth-order valence-electron chi connectivity index (χ4n) is 3.33. The third-order valence-corrected chi connectivity index (χ3v) is 5.98. The molecule has 1 amide bonds. The number of nitrogens with zero attached hydrogens (tertiary/aromatic N) is 1. The molecule has 1 aliphatic heterocycles. The van der Waals surface area contributed by atoms with Gasteiger partial charge in [0.2, 0.25) is 0 Å². The van der Waals surface area contributed by atoms with Gasteiger partial charge >= 0.3 is 0 Å². The minimum atomic E-state index is -0.413. The number of carbonyl (C=O) groups excluding carboxylic acids is 1. The number of hydrogen-bond donors (Lipinski definition) is 1. The number of hydrogen-bond acceptors (Lipinski definition) is 3. The summed E-state index contributed by atoms with van der Waals surface area (Å²) in [5.41, 5.74) is 4.45. The third kappa shape index (κ3) is 2.88. The number of anilines is 2. The minimum absolute atomic E-state index is 0.251. The van der Waals surface area contributed by atoms with E-state index in [1.807, 2.05) is 18.2 Å². The van der Waals surface area contributed by atoms with Crippen LogP contribution in [0.1, 0.15) is 20.8 Å². The van der Waals surface area contributed by atoms with Gasteiger partial charge in [-0.15, -0.1) is 11.3 Å². The Labute approximate surface area is 156 Å². The zero-order chi connectivity index (χ0) is 18.3. The standard InChI is InChI=1S/C21H19FN2OS/c1-13-6-5-8-16(22)19(13)23-21(25)18-12-14-10-11-24(2)17-9-4-3-7-15(17)20(14)26-18/h3-9,12H,10-11H2,1-2H3,(H,23,25). The van der Waals surface area contributed by atoms with Crippen LogP contribution in [0.25, 0.3) is 10.4 Å². The topological polar surface area (TPSA) is 32.3 Å². The van der Waals surface area contributed by atoms with Crippen LogP contribution in [0.2, 0.25) is 0 Å². The molecule has 2 aromatic carbocycles. The molecule has 132 valence electrons. The molecule has 4 rings (SSSR count). The quantitative estimate of drug-likeness (QED) is 0.684. The molecule has 0 atom stereocenters. The Hall–Kier alpha value is -2.66. The fourth-order valence-corrected chi connectivity index (χ4v) is 4.47. The molecule has 0 saturated heterocycles. The predicted molar refractivity (Wildman–Crippen MR) is 106 cm³/mol. The van der Waals surface area contributed by atoms with E-state index in [0.717, 1.165) is 23.4 Å². The Balaban J connectivity index is 1.70. The Morgan fingerprint density at radius 2 is 2.00 bits per heavy atom. The first-order chi connectivity index (χ1) is 12.5. The van der Waals surface area contributed by atoms with E-state index >= 15 is 0 Å². The highest BCUT2D eigenvalue weighted by Gasteiger charge is 2.22. The van der Waals surface area contributed by atoms with Crippen LogP contribution in [-0.4, -0.2) is 19.5 Å². The molecule has 3 nitrogen and oxygen atoms in total. The maximum Gasteiger partial charge on any atom is 0.265 e. The lowest BCUT2D eigenvalue weighted by atomic mass is 10.1. The Bertz CT molecular complexity index is 975. The molecule has 0 radical (unpaired) electrons. The summed E-state index contributed by atoms with van der Waals surface area (Å²) in [4.78, 5) is 16.7. The average molecular weight is 366 g/mol.